The van der Waals surface area contributed by atoms with Crippen LogP contribution in [0.5, 0.6) is 0 Å². The van der Waals surface area contributed by atoms with Crippen LogP contribution in [0.2, 0.25) is 14.4 Å². The molecule has 1 aromatic heterocycles. The van der Waals surface area contributed by atoms with E-state index in [1.807, 2.05) is 6.07 Å². The molecule has 22 heavy (non-hydrogen) atoms. The van der Waals surface area contributed by atoms with Crippen LogP contribution >= 0.6 is 46.1 Å². The molecule has 0 fully saturated rings. The Morgan fingerprint density at radius 3 is 2.09 bits per heavy atom. The third-order valence-electron chi connectivity index (χ3n) is 3.41. The third kappa shape index (κ3) is 3.72. The topological polar surface area (TPSA) is 34.1 Å². The summed E-state index contributed by atoms with van der Waals surface area (Å²) in [6, 6.07) is 8.62. The Kier molecular flexibility index (Phi) is 5.67. The molecule has 2 rings (SSSR count). The van der Waals surface area contributed by atoms with Crippen LogP contribution in [-0.2, 0) is 9.59 Å². The highest BCUT2D eigenvalue weighted by atomic mass is 35.5. The van der Waals surface area contributed by atoms with Gasteiger partial charge < -0.3 is 0 Å². The predicted octanol–water partition coefficient (Wildman–Crippen LogP) is 5.63. The molecule has 0 bridgehead atoms. The van der Waals surface area contributed by atoms with Crippen LogP contribution in [0.1, 0.15) is 30.2 Å². The van der Waals surface area contributed by atoms with Crippen molar-refractivity contribution < 1.29 is 9.59 Å². The van der Waals surface area contributed by atoms with E-state index in [2.05, 4.69) is 0 Å². The minimum absolute atomic E-state index is 0.201. The van der Waals surface area contributed by atoms with E-state index in [0.717, 1.165) is 4.88 Å². The average Bonchev–Trinajstić information content (AvgIpc) is 2.82. The number of thiophene rings is 1. The van der Waals surface area contributed by atoms with E-state index in [-0.39, 0.29) is 11.6 Å². The summed E-state index contributed by atoms with van der Waals surface area (Å²) in [4.78, 5) is 24.9. The molecule has 1 unspecified atom stereocenters. The van der Waals surface area contributed by atoms with Crippen LogP contribution in [0, 0.1) is 5.92 Å². The zero-order valence-electron chi connectivity index (χ0n) is 11.9. The van der Waals surface area contributed by atoms with Gasteiger partial charge in [-0.25, -0.2) is 0 Å². The van der Waals surface area contributed by atoms with Crippen LogP contribution < -0.4 is 0 Å². The zero-order chi connectivity index (χ0) is 16.4. The van der Waals surface area contributed by atoms with Crippen LogP contribution in [0.3, 0.4) is 0 Å². The average molecular weight is 376 g/mol. The first-order chi connectivity index (χ1) is 10.3. The van der Waals surface area contributed by atoms with Crippen molar-refractivity contribution in [3.05, 3.63) is 55.2 Å². The van der Waals surface area contributed by atoms with E-state index in [9.17, 15) is 9.59 Å². The lowest BCUT2D eigenvalue weighted by molar-refractivity contribution is -0.130. The number of hydrogen-bond donors (Lipinski definition) is 0. The summed E-state index contributed by atoms with van der Waals surface area (Å²) < 4.78 is 0.593. The molecule has 1 heterocycles. The Hall–Kier alpha value is -0.870. The van der Waals surface area contributed by atoms with Crippen molar-refractivity contribution in [2.75, 3.05) is 0 Å². The second-order valence-electron chi connectivity index (χ2n) is 4.98. The Morgan fingerprint density at radius 1 is 1.00 bits per heavy atom. The van der Waals surface area contributed by atoms with Crippen molar-refractivity contribution >= 4 is 57.7 Å². The molecule has 2 aromatic rings. The number of carbonyl (C=O) groups is 2. The molecule has 0 aliphatic rings. The summed E-state index contributed by atoms with van der Waals surface area (Å²) in [6.45, 7) is 2.83. The largest absolute Gasteiger partial charge is 0.299 e. The lowest BCUT2D eigenvalue weighted by Gasteiger charge is -2.24. The maximum Gasteiger partial charge on any atom is 0.141 e. The van der Waals surface area contributed by atoms with E-state index < -0.39 is 11.8 Å². The maximum absolute atomic E-state index is 12.0. The summed E-state index contributed by atoms with van der Waals surface area (Å²) in [5.74, 6) is -1.66. The number of carbonyl (C=O) groups excluding carboxylic acids is 2. The number of hydrogen-bond acceptors (Lipinski definition) is 3. The van der Waals surface area contributed by atoms with Gasteiger partial charge in [-0.05, 0) is 43.7 Å². The van der Waals surface area contributed by atoms with Gasteiger partial charge >= 0.3 is 0 Å². The molecule has 0 saturated heterocycles. The SMILES string of the molecule is CC(=O)C(C(C)=O)C(c1ccc(Cl)s1)c1ccc(Cl)cc1Cl. The predicted molar refractivity (Wildman–Crippen MR) is 92.5 cm³/mol. The second-order valence-corrected chi connectivity index (χ2v) is 7.57. The third-order valence-corrected chi connectivity index (χ3v) is 5.28. The molecule has 1 aromatic carbocycles. The minimum Gasteiger partial charge on any atom is -0.299 e. The van der Waals surface area contributed by atoms with Crippen LogP contribution in [0.15, 0.2) is 30.3 Å². The molecule has 0 aliphatic carbocycles. The van der Waals surface area contributed by atoms with Crippen molar-refractivity contribution in [3.8, 4) is 0 Å². The molecular weight excluding hydrogens is 363 g/mol. The summed E-state index contributed by atoms with van der Waals surface area (Å²) in [6.07, 6.45) is 0. The molecule has 0 radical (unpaired) electrons. The Labute approximate surface area is 148 Å². The molecule has 2 nitrogen and oxygen atoms in total. The quantitative estimate of drug-likeness (QED) is 0.634. The fourth-order valence-corrected chi connectivity index (χ4v) is 4.25. The molecule has 0 spiro atoms. The highest BCUT2D eigenvalue weighted by Gasteiger charge is 2.34. The van der Waals surface area contributed by atoms with Crippen LogP contribution in [0.4, 0.5) is 0 Å². The van der Waals surface area contributed by atoms with Gasteiger partial charge in [-0.1, -0.05) is 40.9 Å². The first-order valence-corrected chi connectivity index (χ1v) is 8.47. The number of rotatable bonds is 5. The van der Waals surface area contributed by atoms with Gasteiger partial charge in [-0.2, -0.15) is 0 Å². The monoisotopic (exact) mass is 374 g/mol. The normalized spacial score (nSPS) is 12.5. The van der Waals surface area contributed by atoms with Gasteiger partial charge in [0.1, 0.15) is 11.6 Å². The van der Waals surface area contributed by atoms with Gasteiger partial charge in [0.15, 0.2) is 0 Å². The Balaban J connectivity index is 2.64. The summed E-state index contributed by atoms with van der Waals surface area (Å²) in [7, 11) is 0. The zero-order valence-corrected chi connectivity index (χ0v) is 15.0. The van der Waals surface area contributed by atoms with Gasteiger partial charge in [-0.3, -0.25) is 9.59 Å². The molecule has 1 atom stereocenters. The molecule has 0 amide bonds. The summed E-state index contributed by atoms with van der Waals surface area (Å²) in [5.41, 5.74) is 0.694. The van der Waals surface area contributed by atoms with E-state index in [0.29, 0.717) is 19.9 Å². The van der Waals surface area contributed by atoms with Crippen molar-refractivity contribution in [2.24, 2.45) is 5.92 Å². The first kappa shape index (κ1) is 17.5. The van der Waals surface area contributed by atoms with Crippen LogP contribution in [0.25, 0.3) is 0 Å². The van der Waals surface area contributed by atoms with Gasteiger partial charge in [0.25, 0.3) is 0 Å². The Bertz CT molecular complexity index is 710. The van der Waals surface area contributed by atoms with Gasteiger partial charge in [0.05, 0.1) is 10.3 Å². The first-order valence-electron chi connectivity index (χ1n) is 6.52. The molecule has 6 heteroatoms. The summed E-state index contributed by atoms with van der Waals surface area (Å²) >= 11 is 19.6. The molecule has 0 N–H and O–H groups in total. The van der Waals surface area contributed by atoms with Crippen molar-refractivity contribution in [2.45, 2.75) is 19.8 Å². The van der Waals surface area contributed by atoms with Crippen molar-refractivity contribution in [1.82, 2.24) is 0 Å². The number of Topliss-reactive ketones (excluding diaryl/α,β-unsaturated/α-hetero) is 2. The minimum atomic E-state index is -0.798. The maximum atomic E-state index is 12.0. The van der Waals surface area contributed by atoms with E-state index in [1.165, 1.54) is 25.2 Å². The fourth-order valence-electron chi connectivity index (χ4n) is 2.50. The number of halogens is 3. The molecular formula is C16H13Cl3O2S. The smallest absolute Gasteiger partial charge is 0.141 e. The molecule has 116 valence electrons. The summed E-state index contributed by atoms with van der Waals surface area (Å²) in [5, 5.41) is 0.924. The number of ketones is 2. The van der Waals surface area contributed by atoms with E-state index in [1.54, 1.807) is 24.3 Å². The molecule has 0 aliphatic heterocycles. The highest BCUT2D eigenvalue weighted by Crippen LogP contribution is 2.41. The molecule has 0 saturated carbocycles. The number of benzene rings is 1. The lowest BCUT2D eigenvalue weighted by atomic mass is 9.80. The van der Waals surface area contributed by atoms with Crippen molar-refractivity contribution in [1.29, 1.82) is 0 Å². The fraction of sp³-hybridized carbons (Fsp3) is 0.250. The standard InChI is InChI=1S/C16H13Cl3O2S/c1-8(20)15(9(2)21)16(13-5-6-14(19)22-13)11-4-3-10(17)7-12(11)18/h3-7,15-16H,1-2H3. The van der Waals surface area contributed by atoms with Gasteiger partial charge in [-0.15, -0.1) is 11.3 Å². The second kappa shape index (κ2) is 7.14. The highest BCUT2D eigenvalue weighted by molar-refractivity contribution is 7.16. The Morgan fingerprint density at radius 2 is 1.64 bits per heavy atom. The van der Waals surface area contributed by atoms with Crippen LogP contribution in [-0.4, -0.2) is 11.6 Å². The van der Waals surface area contributed by atoms with E-state index >= 15 is 0 Å². The van der Waals surface area contributed by atoms with Crippen molar-refractivity contribution in [3.63, 3.8) is 0 Å². The lowest BCUT2D eigenvalue weighted by Crippen LogP contribution is -2.27. The van der Waals surface area contributed by atoms with E-state index in [4.69, 9.17) is 34.8 Å². The van der Waals surface area contributed by atoms with Gasteiger partial charge in [0.2, 0.25) is 0 Å². The van der Waals surface area contributed by atoms with Gasteiger partial charge in [0, 0.05) is 20.8 Å².